The zero-order valence-corrected chi connectivity index (χ0v) is 10.4. The number of likely N-dealkylation sites (N-methyl/N-ethyl adjacent to an activating group) is 1. The van der Waals surface area contributed by atoms with E-state index in [1.165, 1.54) is 11.9 Å². The van der Waals surface area contributed by atoms with E-state index in [-0.39, 0.29) is 5.91 Å². The van der Waals surface area contributed by atoms with Crippen LogP contribution in [-0.2, 0) is 4.79 Å². The van der Waals surface area contributed by atoms with Crippen LogP contribution in [0, 0.1) is 13.8 Å². The molecule has 0 spiro atoms. The van der Waals surface area contributed by atoms with Gasteiger partial charge in [-0.05, 0) is 20.3 Å². The van der Waals surface area contributed by atoms with E-state index in [1.807, 2.05) is 0 Å². The molecule has 0 saturated heterocycles. The van der Waals surface area contributed by atoms with E-state index >= 15 is 0 Å². The quantitative estimate of drug-likeness (QED) is 0.855. The normalized spacial score (nSPS) is 12.2. The number of hydrogen-bond acceptors (Lipinski definition) is 4. The van der Waals surface area contributed by atoms with Gasteiger partial charge in [0.2, 0.25) is 0 Å². The van der Waals surface area contributed by atoms with E-state index in [0.717, 1.165) is 0 Å². The number of carboxylic acids is 1. The monoisotopic (exact) mass is 240 g/mol. The van der Waals surface area contributed by atoms with Gasteiger partial charge in [0.05, 0.1) is 5.69 Å². The van der Waals surface area contributed by atoms with Gasteiger partial charge in [0.25, 0.3) is 5.91 Å². The van der Waals surface area contributed by atoms with Crippen molar-refractivity contribution in [2.45, 2.75) is 33.2 Å². The largest absolute Gasteiger partial charge is 0.480 e. The smallest absolute Gasteiger partial charge is 0.326 e. The lowest BCUT2D eigenvalue weighted by Crippen LogP contribution is -2.42. The number of carbonyl (C=O) groups is 2. The summed E-state index contributed by atoms with van der Waals surface area (Å²) in [4.78, 5) is 24.3. The molecule has 1 unspecified atom stereocenters. The highest BCUT2D eigenvalue weighted by Crippen LogP contribution is 2.16. The summed E-state index contributed by atoms with van der Waals surface area (Å²) in [5.41, 5.74) is 0.812. The van der Waals surface area contributed by atoms with Crippen LogP contribution in [0.15, 0.2) is 4.52 Å². The van der Waals surface area contributed by atoms with Crippen LogP contribution in [0.4, 0.5) is 0 Å². The second-order valence-electron chi connectivity index (χ2n) is 3.88. The minimum atomic E-state index is -1.02. The molecule has 0 aromatic carbocycles. The topological polar surface area (TPSA) is 83.6 Å². The van der Waals surface area contributed by atoms with Gasteiger partial charge in [-0.2, -0.15) is 0 Å². The number of aromatic nitrogens is 1. The van der Waals surface area contributed by atoms with Gasteiger partial charge in [-0.15, -0.1) is 0 Å². The number of carbonyl (C=O) groups excluding carboxylic acids is 1. The Bertz CT molecular complexity index is 419. The zero-order chi connectivity index (χ0) is 13.2. The molecule has 0 aliphatic carbocycles. The molecular weight excluding hydrogens is 224 g/mol. The van der Waals surface area contributed by atoms with Gasteiger partial charge in [-0.1, -0.05) is 12.1 Å². The lowest BCUT2D eigenvalue weighted by atomic mass is 10.1. The van der Waals surface area contributed by atoms with Crippen LogP contribution in [0.3, 0.4) is 0 Å². The summed E-state index contributed by atoms with van der Waals surface area (Å²) >= 11 is 0. The van der Waals surface area contributed by atoms with Gasteiger partial charge in [-0.25, -0.2) is 4.79 Å². The first-order valence-corrected chi connectivity index (χ1v) is 5.33. The van der Waals surface area contributed by atoms with Crippen LogP contribution in [0.25, 0.3) is 0 Å². The Morgan fingerprint density at radius 3 is 2.41 bits per heavy atom. The van der Waals surface area contributed by atoms with E-state index in [4.69, 9.17) is 9.63 Å². The second kappa shape index (κ2) is 4.99. The molecule has 1 amide bonds. The zero-order valence-electron chi connectivity index (χ0n) is 10.4. The molecule has 1 atom stereocenters. The lowest BCUT2D eigenvalue weighted by molar-refractivity contribution is -0.142. The van der Waals surface area contributed by atoms with E-state index in [1.54, 1.807) is 20.8 Å². The van der Waals surface area contributed by atoms with Gasteiger partial charge in [0.15, 0.2) is 0 Å². The third-order valence-corrected chi connectivity index (χ3v) is 2.71. The Morgan fingerprint density at radius 1 is 1.47 bits per heavy atom. The third kappa shape index (κ3) is 2.46. The van der Waals surface area contributed by atoms with Gasteiger partial charge < -0.3 is 14.5 Å². The Morgan fingerprint density at radius 2 is 2.06 bits per heavy atom. The van der Waals surface area contributed by atoms with Crippen molar-refractivity contribution < 1.29 is 19.2 Å². The van der Waals surface area contributed by atoms with Crippen LogP contribution in [-0.4, -0.2) is 40.1 Å². The fraction of sp³-hybridized carbons (Fsp3) is 0.545. The van der Waals surface area contributed by atoms with Gasteiger partial charge in [0, 0.05) is 7.05 Å². The van der Waals surface area contributed by atoms with E-state index in [0.29, 0.717) is 23.4 Å². The molecule has 0 aliphatic heterocycles. The highest BCUT2D eigenvalue weighted by molar-refractivity contribution is 5.98. The Hall–Kier alpha value is -1.85. The number of amides is 1. The number of aliphatic carboxylic acids is 1. The molecule has 0 fully saturated rings. The summed E-state index contributed by atoms with van der Waals surface area (Å²) in [5, 5.41) is 12.7. The molecule has 6 nitrogen and oxygen atoms in total. The van der Waals surface area contributed by atoms with Crippen molar-refractivity contribution in [2.24, 2.45) is 0 Å². The first-order valence-electron chi connectivity index (χ1n) is 5.33. The van der Waals surface area contributed by atoms with Gasteiger partial charge in [0.1, 0.15) is 17.4 Å². The highest BCUT2D eigenvalue weighted by atomic mass is 16.5. The first-order chi connectivity index (χ1) is 7.90. The van der Waals surface area contributed by atoms with Crippen LogP contribution in [0.1, 0.15) is 35.2 Å². The average Bonchev–Trinajstić information content (AvgIpc) is 2.58. The Balaban J connectivity index is 3.01. The summed E-state index contributed by atoms with van der Waals surface area (Å²) < 4.78 is 4.90. The minimum absolute atomic E-state index is 0.340. The van der Waals surface area contributed by atoms with Crippen LogP contribution in [0.2, 0.25) is 0 Å². The summed E-state index contributed by atoms with van der Waals surface area (Å²) in [6.07, 6.45) is 0.348. The molecule has 0 saturated carbocycles. The molecule has 0 aliphatic rings. The predicted octanol–water partition coefficient (Wildman–Crippen LogP) is 1.23. The highest BCUT2D eigenvalue weighted by Gasteiger charge is 2.29. The van der Waals surface area contributed by atoms with Crippen LogP contribution < -0.4 is 0 Å². The molecule has 1 aromatic rings. The standard InChI is InChI=1S/C11H16N2O4/c1-5-8(11(15)16)13(4)10(14)9-6(2)12-17-7(9)3/h8H,5H2,1-4H3,(H,15,16). The molecule has 0 bridgehead atoms. The summed E-state index contributed by atoms with van der Waals surface area (Å²) in [6.45, 7) is 5.00. The molecular formula is C11H16N2O4. The maximum Gasteiger partial charge on any atom is 0.326 e. The molecule has 6 heteroatoms. The second-order valence-corrected chi connectivity index (χ2v) is 3.88. The van der Waals surface area contributed by atoms with E-state index in [9.17, 15) is 9.59 Å². The fourth-order valence-corrected chi connectivity index (χ4v) is 1.72. The fourth-order valence-electron chi connectivity index (χ4n) is 1.72. The average molecular weight is 240 g/mol. The SMILES string of the molecule is CCC(C(=O)O)N(C)C(=O)c1c(C)noc1C. The van der Waals surface area contributed by atoms with Crippen molar-refractivity contribution in [3.63, 3.8) is 0 Å². The number of hydrogen-bond donors (Lipinski definition) is 1. The Kier molecular flexibility index (Phi) is 3.88. The third-order valence-electron chi connectivity index (χ3n) is 2.71. The number of carboxylic acid groups (broad SMARTS) is 1. The molecule has 94 valence electrons. The maximum atomic E-state index is 12.1. The molecule has 0 radical (unpaired) electrons. The van der Waals surface area contributed by atoms with Crippen LogP contribution in [0.5, 0.6) is 0 Å². The van der Waals surface area contributed by atoms with E-state index in [2.05, 4.69) is 5.16 Å². The van der Waals surface area contributed by atoms with Gasteiger partial charge in [-0.3, -0.25) is 4.79 Å². The van der Waals surface area contributed by atoms with Crippen molar-refractivity contribution in [2.75, 3.05) is 7.05 Å². The predicted molar refractivity (Wildman–Crippen MR) is 59.8 cm³/mol. The van der Waals surface area contributed by atoms with Crippen molar-refractivity contribution in [1.82, 2.24) is 10.1 Å². The first kappa shape index (κ1) is 13.2. The maximum absolute atomic E-state index is 12.1. The molecule has 1 heterocycles. The summed E-state index contributed by atoms with van der Waals surface area (Å²) in [6, 6.07) is -0.837. The van der Waals surface area contributed by atoms with Crippen LogP contribution >= 0.6 is 0 Å². The van der Waals surface area contributed by atoms with E-state index < -0.39 is 12.0 Å². The van der Waals surface area contributed by atoms with Crippen molar-refractivity contribution >= 4 is 11.9 Å². The van der Waals surface area contributed by atoms with Crippen molar-refractivity contribution in [3.05, 3.63) is 17.0 Å². The molecule has 17 heavy (non-hydrogen) atoms. The lowest BCUT2D eigenvalue weighted by Gasteiger charge is -2.23. The summed E-state index contributed by atoms with van der Waals surface area (Å²) in [5.74, 6) is -0.995. The van der Waals surface area contributed by atoms with Crippen molar-refractivity contribution in [1.29, 1.82) is 0 Å². The van der Waals surface area contributed by atoms with Gasteiger partial charge >= 0.3 is 5.97 Å². The number of rotatable bonds is 4. The summed E-state index contributed by atoms with van der Waals surface area (Å²) in [7, 11) is 1.47. The molecule has 1 aromatic heterocycles. The number of nitrogens with zero attached hydrogens (tertiary/aromatic N) is 2. The number of aryl methyl sites for hydroxylation is 2. The Labute approximate surface area is 99.2 Å². The van der Waals surface area contributed by atoms with Crippen molar-refractivity contribution in [3.8, 4) is 0 Å². The molecule has 1 N–H and O–H groups in total. The molecule has 1 rings (SSSR count). The minimum Gasteiger partial charge on any atom is -0.480 e.